The van der Waals surface area contributed by atoms with Crippen LogP contribution in [0.3, 0.4) is 0 Å². The number of rotatable bonds is 5. The Morgan fingerprint density at radius 3 is 2.59 bits per heavy atom. The lowest BCUT2D eigenvalue weighted by atomic mass is 9.99. The normalized spacial score (nSPS) is 18.2. The first kappa shape index (κ1) is 18.5. The summed E-state index contributed by atoms with van der Waals surface area (Å²) >= 11 is 0. The predicted octanol–water partition coefficient (Wildman–Crippen LogP) is 3.31. The van der Waals surface area contributed by atoms with E-state index in [1.54, 1.807) is 37.4 Å². The van der Waals surface area contributed by atoms with Crippen LogP contribution >= 0.6 is 0 Å². The Balaban J connectivity index is 1.83. The van der Waals surface area contributed by atoms with Gasteiger partial charge < -0.3 is 19.2 Å². The quantitative estimate of drug-likeness (QED) is 0.408. The number of hydrogen-bond acceptors (Lipinski definition) is 6. The van der Waals surface area contributed by atoms with Crippen molar-refractivity contribution < 1.29 is 23.8 Å². The van der Waals surface area contributed by atoms with E-state index in [-0.39, 0.29) is 17.9 Å². The second-order valence-corrected chi connectivity index (χ2v) is 6.49. The third-order valence-electron chi connectivity index (χ3n) is 4.84. The summed E-state index contributed by atoms with van der Waals surface area (Å²) in [7, 11) is 1.54. The van der Waals surface area contributed by atoms with Crippen molar-refractivity contribution >= 4 is 17.4 Å². The molecule has 146 valence electrons. The van der Waals surface area contributed by atoms with Gasteiger partial charge in [0, 0.05) is 23.5 Å². The number of aromatic nitrogens is 1. The van der Waals surface area contributed by atoms with Gasteiger partial charge in [0.1, 0.15) is 23.3 Å². The van der Waals surface area contributed by atoms with E-state index in [4.69, 9.17) is 9.15 Å². The summed E-state index contributed by atoms with van der Waals surface area (Å²) in [6.07, 6.45) is 4.47. The second kappa shape index (κ2) is 7.63. The molecule has 4 rings (SSSR count). The fraction of sp³-hybridized carbons (Fsp3) is 0.136. The molecule has 1 atom stereocenters. The number of amides is 1. The molecule has 1 saturated heterocycles. The number of aliphatic hydroxyl groups is 1. The largest absolute Gasteiger partial charge is 0.507 e. The van der Waals surface area contributed by atoms with Crippen LogP contribution in [-0.2, 0) is 16.1 Å². The van der Waals surface area contributed by atoms with Crippen molar-refractivity contribution in [2.75, 3.05) is 7.11 Å². The summed E-state index contributed by atoms with van der Waals surface area (Å²) in [5.41, 5.74) is 1.11. The highest BCUT2D eigenvalue weighted by atomic mass is 16.5. The van der Waals surface area contributed by atoms with Crippen molar-refractivity contribution in [2.45, 2.75) is 12.6 Å². The molecule has 0 radical (unpaired) electrons. The van der Waals surface area contributed by atoms with Crippen LogP contribution in [0.5, 0.6) is 5.75 Å². The maximum Gasteiger partial charge on any atom is 0.296 e. The van der Waals surface area contributed by atoms with Crippen LogP contribution in [0.25, 0.3) is 5.76 Å². The highest BCUT2D eigenvalue weighted by Crippen LogP contribution is 2.40. The Morgan fingerprint density at radius 2 is 1.90 bits per heavy atom. The molecule has 29 heavy (non-hydrogen) atoms. The van der Waals surface area contributed by atoms with Gasteiger partial charge in [0.25, 0.3) is 11.7 Å². The molecular weight excluding hydrogens is 372 g/mol. The van der Waals surface area contributed by atoms with E-state index in [1.165, 1.54) is 23.6 Å². The van der Waals surface area contributed by atoms with Crippen molar-refractivity contribution in [1.82, 2.24) is 9.88 Å². The van der Waals surface area contributed by atoms with Gasteiger partial charge >= 0.3 is 0 Å². The Morgan fingerprint density at radius 1 is 1.14 bits per heavy atom. The molecule has 1 aromatic carbocycles. The number of furan rings is 1. The van der Waals surface area contributed by atoms with Gasteiger partial charge in [-0.1, -0.05) is 18.2 Å². The average molecular weight is 390 g/mol. The zero-order chi connectivity index (χ0) is 20.4. The first-order valence-corrected chi connectivity index (χ1v) is 8.96. The molecule has 1 fully saturated rings. The fourth-order valence-electron chi connectivity index (χ4n) is 3.47. The number of carbonyl (C=O) groups excluding carboxylic acids is 2. The van der Waals surface area contributed by atoms with Gasteiger partial charge in [-0.15, -0.1) is 0 Å². The molecule has 7 nitrogen and oxygen atoms in total. The van der Waals surface area contributed by atoms with E-state index in [0.717, 1.165) is 5.56 Å². The summed E-state index contributed by atoms with van der Waals surface area (Å²) in [4.78, 5) is 31.1. The maximum absolute atomic E-state index is 12.9. The standard InChI is InChI=1S/C22H18N2O5/c1-28-16-6-3-2-5-15(16)13-24-19(17-7-4-12-29-17)18(21(26)22(24)27)20(25)14-8-10-23-11-9-14/h2-12,19,25H,13H2,1H3/b20-18-. The molecule has 3 aromatic rings. The van der Waals surface area contributed by atoms with Gasteiger partial charge in [0.05, 0.1) is 25.5 Å². The lowest BCUT2D eigenvalue weighted by Gasteiger charge is -2.24. The molecule has 1 amide bonds. The van der Waals surface area contributed by atoms with Crippen molar-refractivity contribution in [3.63, 3.8) is 0 Å². The first-order valence-electron chi connectivity index (χ1n) is 8.96. The first-order chi connectivity index (χ1) is 14.1. The molecular formula is C22H18N2O5. The smallest absolute Gasteiger partial charge is 0.296 e. The van der Waals surface area contributed by atoms with Crippen LogP contribution in [0.15, 0.2) is 77.2 Å². The molecule has 0 saturated carbocycles. The number of Topliss-reactive ketones (excluding diaryl/α,β-unsaturated/α-hetero) is 1. The zero-order valence-corrected chi connectivity index (χ0v) is 15.6. The second-order valence-electron chi connectivity index (χ2n) is 6.49. The summed E-state index contributed by atoms with van der Waals surface area (Å²) in [6, 6.07) is 12.9. The van der Waals surface area contributed by atoms with Gasteiger partial charge in [-0.2, -0.15) is 0 Å². The van der Waals surface area contributed by atoms with Crippen molar-refractivity contribution in [1.29, 1.82) is 0 Å². The minimum Gasteiger partial charge on any atom is -0.507 e. The molecule has 0 bridgehead atoms. The third-order valence-corrected chi connectivity index (χ3v) is 4.84. The van der Waals surface area contributed by atoms with E-state index in [0.29, 0.717) is 17.1 Å². The molecule has 1 unspecified atom stereocenters. The molecule has 2 aromatic heterocycles. The van der Waals surface area contributed by atoms with E-state index >= 15 is 0 Å². The Labute approximate surface area is 166 Å². The van der Waals surface area contributed by atoms with Gasteiger partial charge in [-0.25, -0.2) is 0 Å². The van der Waals surface area contributed by atoms with Crippen molar-refractivity contribution in [3.8, 4) is 5.75 Å². The minimum atomic E-state index is -0.858. The average Bonchev–Trinajstić information content (AvgIpc) is 3.37. The molecule has 1 aliphatic rings. The Hall–Kier alpha value is -3.87. The summed E-state index contributed by atoms with van der Waals surface area (Å²) in [5, 5.41) is 10.8. The molecule has 1 aliphatic heterocycles. The van der Waals surface area contributed by atoms with Crippen LogP contribution in [0, 0.1) is 0 Å². The molecule has 0 aliphatic carbocycles. The van der Waals surface area contributed by atoms with Gasteiger partial charge in [0.2, 0.25) is 0 Å². The third kappa shape index (κ3) is 3.27. The number of para-hydroxylation sites is 1. The number of aliphatic hydroxyl groups excluding tert-OH is 1. The summed E-state index contributed by atoms with van der Waals surface area (Å²) in [5.74, 6) is -0.769. The lowest BCUT2D eigenvalue weighted by Crippen LogP contribution is -2.29. The van der Waals surface area contributed by atoms with Gasteiger partial charge in [-0.05, 0) is 30.3 Å². The van der Waals surface area contributed by atoms with Gasteiger partial charge in [-0.3, -0.25) is 14.6 Å². The molecule has 0 spiro atoms. The number of ketones is 1. The highest BCUT2D eigenvalue weighted by molar-refractivity contribution is 6.46. The topological polar surface area (TPSA) is 92.9 Å². The van der Waals surface area contributed by atoms with Crippen LogP contribution in [0.4, 0.5) is 0 Å². The van der Waals surface area contributed by atoms with E-state index in [1.807, 2.05) is 18.2 Å². The van der Waals surface area contributed by atoms with Crippen molar-refractivity contribution in [2.24, 2.45) is 0 Å². The fourth-order valence-corrected chi connectivity index (χ4v) is 3.47. The van der Waals surface area contributed by atoms with E-state index < -0.39 is 17.7 Å². The lowest BCUT2D eigenvalue weighted by molar-refractivity contribution is -0.140. The highest BCUT2D eigenvalue weighted by Gasteiger charge is 2.47. The maximum atomic E-state index is 12.9. The minimum absolute atomic E-state index is 0.0222. The Kier molecular flexibility index (Phi) is 4.87. The van der Waals surface area contributed by atoms with E-state index in [9.17, 15) is 14.7 Å². The number of carbonyl (C=O) groups is 2. The number of pyridine rings is 1. The van der Waals surface area contributed by atoms with Gasteiger partial charge in [0.15, 0.2) is 0 Å². The monoisotopic (exact) mass is 390 g/mol. The predicted molar refractivity (Wildman–Crippen MR) is 104 cm³/mol. The summed E-state index contributed by atoms with van der Waals surface area (Å²) in [6.45, 7) is 0.118. The number of hydrogen-bond donors (Lipinski definition) is 1. The molecule has 1 N–H and O–H groups in total. The molecule has 7 heteroatoms. The number of benzene rings is 1. The number of nitrogens with zero attached hydrogens (tertiary/aromatic N) is 2. The number of methoxy groups -OCH3 is 1. The van der Waals surface area contributed by atoms with Crippen LogP contribution < -0.4 is 4.74 Å². The van der Waals surface area contributed by atoms with Crippen LogP contribution in [-0.4, -0.2) is 33.8 Å². The Bertz CT molecular complexity index is 1070. The number of ether oxygens (including phenoxy) is 1. The SMILES string of the molecule is COc1ccccc1CN1C(=O)C(=O)/C(=C(\O)c2ccncc2)C1c1ccco1. The van der Waals surface area contributed by atoms with E-state index in [2.05, 4.69) is 4.98 Å². The zero-order valence-electron chi connectivity index (χ0n) is 15.6. The number of likely N-dealkylation sites (tertiary alicyclic amines) is 1. The van der Waals surface area contributed by atoms with Crippen molar-refractivity contribution in [3.05, 3.63) is 89.6 Å². The van der Waals surface area contributed by atoms with Crippen LogP contribution in [0.2, 0.25) is 0 Å². The van der Waals surface area contributed by atoms with Crippen LogP contribution in [0.1, 0.15) is 22.9 Å². The molecule has 3 heterocycles. The summed E-state index contributed by atoms with van der Waals surface area (Å²) < 4.78 is 10.9.